The van der Waals surface area contributed by atoms with Crippen molar-refractivity contribution in [2.24, 2.45) is 0 Å². The van der Waals surface area contributed by atoms with Crippen molar-refractivity contribution in [3.05, 3.63) is 0 Å². The van der Waals surface area contributed by atoms with Gasteiger partial charge in [-0.25, -0.2) is 0 Å². The van der Waals surface area contributed by atoms with Gasteiger partial charge in [-0.15, -0.1) is 0 Å². The number of carbonyl (C=O) groups is 1. The molecule has 1 atom stereocenters. The van der Waals surface area contributed by atoms with Gasteiger partial charge in [0.2, 0.25) is 0 Å². The second-order valence-corrected chi connectivity index (χ2v) is 2.86. The van der Waals surface area contributed by atoms with Gasteiger partial charge in [0.05, 0.1) is 19.1 Å². The fourth-order valence-corrected chi connectivity index (χ4v) is 0.823. The summed E-state index contributed by atoms with van der Waals surface area (Å²) in [5.41, 5.74) is 0. The van der Waals surface area contributed by atoms with E-state index in [1.165, 1.54) is 0 Å². The minimum Gasteiger partial charge on any atom is -0.466 e. The van der Waals surface area contributed by atoms with E-state index in [4.69, 9.17) is 9.47 Å². The van der Waals surface area contributed by atoms with Crippen molar-refractivity contribution < 1.29 is 19.4 Å². The van der Waals surface area contributed by atoms with Gasteiger partial charge < -0.3 is 14.6 Å². The molecule has 0 aliphatic rings. The molecule has 0 unspecified atom stereocenters. The SMILES string of the molecule is CCCOC(=O)C[C@@H](O)CCOC. The molecule has 4 nitrogen and oxygen atoms in total. The van der Waals surface area contributed by atoms with Crippen LogP contribution in [0.4, 0.5) is 0 Å². The molecule has 0 saturated carbocycles. The summed E-state index contributed by atoms with van der Waals surface area (Å²) in [7, 11) is 1.56. The Morgan fingerprint density at radius 2 is 2.15 bits per heavy atom. The second kappa shape index (κ2) is 8.01. The molecular formula is C9H18O4. The van der Waals surface area contributed by atoms with Gasteiger partial charge in [-0.05, 0) is 12.8 Å². The summed E-state index contributed by atoms with van der Waals surface area (Å²) in [5.74, 6) is -0.342. The molecule has 0 aliphatic heterocycles. The molecule has 0 aromatic rings. The number of ether oxygens (including phenoxy) is 2. The van der Waals surface area contributed by atoms with E-state index in [1.807, 2.05) is 6.92 Å². The van der Waals surface area contributed by atoms with Gasteiger partial charge in [0.15, 0.2) is 0 Å². The Hall–Kier alpha value is -0.610. The van der Waals surface area contributed by atoms with Crippen molar-refractivity contribution in [3.8, 4) is 0 Å². The largest absolute Gasteiger partial charge is 0.466 e. The molecule has 0 bridgehead atoms. The van der Waals surface area contributed by atoms with Crippen molar-refractivity contribution in [1.29, 1.82) is 0 Å². The van der Waals surface area contributed by atoms with Crippen molar-refractivity contribution >= 4 is 5.97 Å². The number of rotatable bonds is 7. The maximum atomic E-state index is 11.0. The first-order chi connectivity index (χ1) is 6.20. The molecule has 0 aromatic heterocycles. The average Bonchev–Trinajstić information content (AvgIpc) is 2.11. The smallest absolute Gasteiger partial charge is 0.308 e. The van der Waals surface area contributed by atoms with Crippen molar-refractivity contribution in [2.45, 2.75) is 32.3 Å². The molecule has 0 rings (SSSR count). The molecule has 0 radical (unpaired) electrons. The predicted molar refractivity (Wildman–Crippen MR) is 48.4 cm³/mol. The summed E-state index contributed by atoms with van der Waals surface area (Å²) in [6, 6.07) is 0. The Labute approximate surface area is 78.8 Å². The lowest BCUT2D eigenvalue weighted by molar-refractivity contribution is -0.146. The van der Waals surface area contributed by atoms with Crippen molar-refractivity contribution in [3.63, 3.8) is 0 Å². The number of carbonyl (C=O) groups excluding carboxylic acids is 1. The third-order valence-corrected chi connectivity index (χ3v) is 1.52. The zero-order chi connectivity index (χ0) is 10.1. The highest BCUT2D eigenvalue weighted by atomic mass is 16.5. The topological polar surface area (TPSA) is 55.8 Å². The van der Waals surface area contributed by atoms with Gasteiger partial charge >= 0.3 is 5.97 Å². The van der Waals surface area contributed by atoms with E-state index >= 15 is 0 Å². The summed E-state index contributed by atoms with van der Waals surface area (Å²) in [4.78, 5) is 11.0. The van der Waals surface area contributed by atoms with E-state index in [2.05, 4.69) is 0 Å². The number of aliphatic hydroxyl groups excluding tert-OH is 1. The lowest BCUT2D eigenvalue weighted by atomic mass is 10.2. The summed E-state index contributed by atoms with van der Waals surface area (Å²) < 4.78 is 9.57. The van der Waals surface area contributed by atoms with E-state index in [0.717, 1.165) is 6.42 Å². The Morgan fingerprint density at radius 3 is 2.69 bits per heavy atom. The van der Waals surface area contributed by atoms with Crippen LogP contribution in [0.25, 0.3) is 0 Å². The molecule has 0 fully saturated rings. The van der Waals surface area contributed by atoms with Crippen LogP contribution in [-0.2, 0) is 14.3 Å². The van der Waals surface area contributed by atoms with Gasteiger partial charge in [-0.3, -0.25) is 4.79 Å². The number of esters is 1. The second-order valence-electron chi connectivity index (χ2n) is 2.86. The van der Waals surface area contributed by atoms with Crippen molar-refractivity contribution in [2.75, 3.05) is 20.3 Å². The monoisotopic (exact) mass is 190 g/mol. The van der Waals surface area contributed by atoms with Gasteiger partial charge in [-0.2, -0.15) is 0 Å². The van der Waals surface area contributed by atoms with Gasteiger partial charge in [0.25, 0.3) is 0 Å². The highest BCUT2D eigenvalue weighted by Crippen LogP contribution is 2.00. The first-order valence-corrected chi connectivity index (χ1v) is 4.53. The number of aliphatic hydroxyl groups is 1. The Bertz CT molecular complexity index is 136. The van der Waals surface area contributed by atoms with E-state index in [9.17, 15) is 9.90 Å². The van der Waals surface area contributed by atoms with Crippen molar-refractivity contribution in [1.82, 2.24) is 0 Å². The summed E-state index contributed by atoms with van der Waals surface area (Å²) in [6.07, 6.45) is 0.686. The molecule has 4 heteroatoms. The van der Waals surface area contributed by atoms with Crippen LogP contribution in [0.1, 0.15) is 26.2 Å². The standard InChI is InChI=1S/C9H18O4/c1-3-5-13-9(11)7-8(10)4-6-12-2/h8,10H,3-7H2,1-2H3/t8-/m0/s1. The fraction of sp³-hybridized carbons (Fsp3) is 0.889. The number of methoxy groups -OCH3 is 1. The zero-order valence-corrected chi connectivity index (χ0v) is 8.28. The molecule has 1 N–H and O–H groups in total. The van der Waals surface area contributed by atoms with Crippen LogP contribution in [0.5, 0.6) is 0 Å². The van der Waals surface area contributed by atoms with Crippen LogP contribution in [0, 0.1) is 0 Å². The third-order valence-electron chi connectivity index (χ3n) is 1.52. The summed E-state index contributed by atoms with van der Waals surface area (Å²) >= 11 is 0. The Kier molecular flexibility index (Phi) is 7.63. The number of hydrogen-bond acceptors (Lipinski definition) is 4. The molecule has 13 heavy (non-hydrogen) atoms. The Morgan fingerprint density at radius 1 is 1.46 bits per heavy atom. The van der Waals surface area contributed by atoms with Crippen LogP contribution in [0.2, 0.25) is 0 Å². The van der Waals surface area contributed by atoms with Crippen LogP contribution >= 0.6 is 0 Å². The van der Waals surface area contributed by atoms with Gasteiger partial charge in [-0.1, -0.05) is 6.92 Å². The quantitative estimate of drug-likeness (QED) is 0.601. The molecular weight excluding hydrogens is 172 g/mol. The van der Waals surface area contributed by atoms with Crippen LogP contribution in [-0.4, -0.2) is 37.5 Å². The predicted octanol–water partition coefficient (Wildman–Crippen LogP) is 0.727. The first kappa shape index (κ1) is 12.4. The normalized spacial score (nSPS) is 12.5. The lowest BCUT2D eigenvalue weighted by Gasteiger charge is -2.08. The lowest BCUT2D eigenvalue weighted by Crippen LogP contribution is -2.17. The van der Waals surface area contributed by atoms with E-state index in [0.29, 0.717) is 19.6 Å². The zero-order valence-electron chi connectivity index (χ0n) is 8.28. The fourth-order valence-electron chi connectivity index (χ4n) is 0.823. The van der Waals surface area contributed by atoms with E-state index in [1.54, 1.807) is 7.11 Å². The van der Waals surface area contributed by atoms with E-state index < -0.39 is 6.10 Å². The maximum absolute atomic E-state index is 11.0. The molecule has 0 aromatic carbocycles. The molecule has 78 valence electrons. The third kappa shape index (κ3) is 7.74. The minimum absolute atomic E-state index is 0.0589. The molecule has 0 saturated heterocycles. The minimum atomic E-state index is -0.649. The summed E-state index contributed by atoms with van der Waals surface area (Å²) in [6.45, 7) is 2.81. The van der Waals surface area contributed by atoms with E-state index in [-0.39, 0.29) is 12.4 Å². The first-order valence-electron chi connectivity index (χ1n) is 4.53. The number of hydrogen-bond donors (Lipinski definition) is 1. The molecule has 0 heterocycles. The maximum Gasteiger partial charge on any atom is 0.308 e. The highest BCUT2D eigenvalue weighted by molar-refractivity contribution is 5.69. The molecule has 0 amide bonds. The van der Waals surface area contributed by atoms with Crippen LogP contribution in [0.15, 0.2) is 0 Å². The molecule has 0 aliphatic carbocycles. The Balaban J connectivity index is 3.41. The van der Waals surface area contributed by atoms with Crippen LogP contribution in [0.3, 0.4) is 0 Å². The highest BCUT2D eigenvalue weighted by Gasteiger charge is 2.10. The summed E-state index contributed by atoms with van der Waals surface area (Å²) in [5, 5.41) is 9.27. The van der Waals surface area contributed by atoms with Gasteiger partial charge in [0.1, 0.15) is 0 Å². The van der Waals surface area contributed by atoms with Gasteiger partial charge in [0, 0.05) is 13.7 Å². The average molecular weight is 190 g/mol. The molecule has 0 spiro atoms. The van der Waals surface area contributed by atoms with Crippen LogP contribution < -0.4 is 0 Å².